The molecule has 0 fully saturated rings. The highest BCUT2D eigenvalue weighted by Crippen LogP contribution is 2.50. The summed E-state index contributed by atoms with van der Waals surface area (Å²) in [4.78, 5) is 0. The second-order valence-electron chi connectivity index (χ2n) is 15.2. The summed E-state index contributed by atoms with van der Waals surface area (Å²) in [5.74, 6) is 0. The SMILES string of the molecule is c1ccc(-n2c3ccc(-c4ccc5c(c4)c4c6ccccc6ccc4n5-c4ccc5c6c(cccc46)-c4ccccc4-5)cc3c3c4ccccc4ccc32)cc1. The lowest BCUT2D eigenvalue weighted by Crippen LogP contribution is -1.96. The molecule has 10 aromatic carbocycles. The molecule has 0 N–H and O–H groups in total. The average Bonchev–Trinajstić information content (AvgIpc) is 3.90. The van der Waals surface area contributed by atoms with E-state index in [1.54, 1.807) is 0 Å². The zero-order chi connectivity index (χ0) is 36.5. The van der Waals surface area contributed by atoms with Crippen molar-refractivity contribution in [3.63, 3.8) is 0 Å². The molecule has 2 heteroatoms. The molecule has 56 heavy (non-hydrogen) atoms. The first kappa shape index (κ1) is 30.0. The van der Waals surface area contributed by atoms with Crippen LogP contribution in [0.4, 0.5) is 0 Å². The smallest absolute Gasteiger partial charge is 0.0547 e. The molecule has 1 aliphatic carbocycles. The summed E-state index contributed by atoms with van der Waals surface area (Å²) in [5.41, 5.74) is 15.0. The predicted molar refractivity (Wildman–Crippen MR) is 238 cm³/mol. The first-order valence-electron chi connectivity index (χ1n) is 19.4. The molecule has 0 amide bonds. The highest BCUT2D eigenvalue weighted by molar-refractivity contribution is 6.25. The minimum absolute atomic E-state index is 1.17. The number of benzene rings is 10. The van der Waals surface area contributed by atoms with Gasteiger partial charge in [-0.25, -0.2) is 0 Å². The summed E-state index contributed by atoms with van der Waals surface area (Å²) in [6.07, 6.45) is 0. The topological polar surface area (TPSA) is 9.86 Å². The van der Waals surface area contributed by atoms with Crippen molar-refractivity contribution in [2.45, 2.75) is 0 Å². The Bertz CT molecular complexity index is 3610. The first-order valence-corrected chi connectivity index (χ1v) is 19.4. The van der Waals surface area contributed by atoms with Gasteiger partial charge in [0.05, 0.1) is 27.8 Å². The molecule has 12 aromatic rings. The fraction of sp³-hybridized carbons (Fsp3) is 0. The van der Waals surface area contributed by atoms with Gasteiger partial charge < -0.3 is 9.13 Å². The van der Waals surface area contributed by atoms with Gasteiger partial charge in [-0.15, -0.1) is 0 Å². The van der Waals surface area contributed by atoms with Crippen molar-refractivity contribution >= 4 is 75.9 Å². The van der Waals surface area contributed by atoms with Gasteiger partial charge in [0.15, 0.2) is 0 Å². The molecule has 0 atom stereocenters. The van der Waals surface area contributed by atoms with E-state index < -0.39 is 0 Å². The van der Waals surface area contributed by atoms with Crippen molar-refractivity contribution < 1.29 is 0 Å². The van der Waals surface area contributed by atoms with Gasteiger partial charge in [0.2, 0.25) is 0 Å². The van der Waals surface area contributed by atoms with Crippen molar-refractivity contribution in [3.05, 3.63) is 194 Å². The van der Waals surface area contributed by atoms with Gasteiger partial charge in [-0.2, -0.15) is 0 Å². The zero-order valence-corrected chi connectivity index (χ0v) is 30.4. The minimum Gasteiger partial charge on any atom is -0.309 e. The van der Waals surface area contributed by atoms with Crippen LogP contribution in [0, 0.1) is 0 Å². The van der Waals surface area contributed by atoms with Crippen LogP contribution < -0.4 is 0 Å². The van der Waals surface area contributed by atoms with Crippen LogP contribution in [0.15, 0.2) is 194 Å². The maximum absolute atomic E-state index is 2.51. The average molecular weight is 709 g/mol. The first-order chi connectivity index (χ1) is 27.8. The third-order valence-electron chi connectivity index (χ3n) is 12.4. The summed E-state index contributed by atoms with van der Waals surface area (Å²) in [6, 6.07) is 72.0. The monoisotopic (exact) mass is 708 g/mol. The number of fused-ring (bicyclic) bond motifs is 13. The molecule has 13 rings (SSSR count). The van der Waals surface area contributed by atoms with E-state index in [0.29, 0.717) is 0 Å². The molecule has 0 radical (unpaired) electrons. The zero-order valence-electron chi connectivity index (χ0n) is 30.4. The number of para-hydroxylation sites is 1. The lowest BCUT2D eigenvalue weighted by atomic mass is 9.98. The van der Waals surface area contributed by atoms with Crippen LogP contribution in [0.5, 0.6) is 0 Å². The highest BCUT2D eigenvalue weighted by atomic mass is 15.0. The van der Waals surface area contributed by atoms with Gasteiger partial charge in [0, 0.05) is 32.6 Å². The Balaban J connectivity index is 1.09. The largest absolute Gasteiger partial charge is 0.309 e. The standard InChI is InChI=1S/C54H32N2/c1-2-13-37(14-3-1)55-48-26-23-35(31-45(48)53-38-15-6-4-11-33(38)21-28-50(53)55)36-24-27-49-46(32-36)54-39-16-7-5-12-34(39)22-29-51(54)56(49)47-30-25-43-41-18-9-8-17-40(41)42-19-10-20-44(47)52(42)43/h1-32H. The van der Waals surface area contributed by atoms with E-state index in [1.165, 1.54) is 121 Å². The Morgan fingerprint density at radius 3 is 1.43 bits per heavy atom. The molecule has 0 unspecified atom stereocenters. The van der Waals surface area contributed by atoms with Gasteiger partial charge in [0.25, 0.3) is 0 Å². The van der Waals surface area contributed by atoms with Crippen LogP contribution >= 0.6 is 0 Å². The van der Waals surface area contributed by atoms with Crippen LogP contribution in [0.25, 0.3) is 121 Å². The van der Waals surface area contributed by atoms with E-state index in [1.807, 2.05) is 0 Å². The molecular weight excluding hydrogens is 677 g/mol. The Kier molecular flexibility index (Phi) is 5.92. The molecule has 258 valence electrons. The van der Waals surface area contributed by atoms with Crippen LogP contribution in [0.3, 0.4) is 0 Å². The number of hydrogen-bond acceptors (Lipinski definition) is 0. The number of aromatic nitrogens is 2. The summed E-state index contributed by atoms with van der Waals surface area (Å²) in [7, 11) is 0. The summed E-state index contributed by atoms with van der Waals surface area (Å²) in [5, 5.41) is 12.8. The van der Waals surface area contributed by atoms with Gasteiger partial charge in [-0.1, -0.05) is 140 Å². The van der Waals surface area contributed by atoms with Crippen molar-refractivity contribution in [1.82, 2.24) is 9.13 Å². The van der Waals surface area contributed by atoms with Gasteiger partial charge in [0.1, 0.15) is 0 Å². The van der Waals surface area contributed by atoms with Crippen molar-refractivity contribution in [1.29, 1.82) is 0 Å². The van der Waals surface area contributed by atoms with Gasteiger partial charge in [-0.05, 0) is 115 Å². The molecule has 2 nitrogen and oxygen atoms in total. The quantitative estimate of drug-likeness (QED) is 0.173. The third-order valence-corrected chi connectivity index (χ3v) is 12.4. The molecule has 0 spiro atoms. The van der Waals surface area contributed by atoms with E-state index in [2.05, 4.69) is 203 Å². The predicted octanol–water partition coefficient (Wildman–Crippen LogP) is 14.7. The molecule has 2 heterocycles. The van der Waals surface area contributed by atoms with E-state index in [4.69, 9.17) is 0 Å². The second kappa shape index (κ2) is 11.1. The molecule has 0 aliphatic heterocycles. The van der Waals surface area contributed by atoms with Crippen molar-refractivity contribution in [2.24, 2.45) is 0 Å². The van der Waals surface area contributed by atoms with Crippen molar-refractivity contribution in [3.8, 4) is 44.8 Å². The van der Waals surface area contributed by atoms with E-state index >= 15 is 0 Å². The Labute approximate surface area is 322 Å². The van der Waals surface area contributed by atoms with Crippen molar-refractivity contribution in [2.75, 3.05) is 0 Å². The normalized spacial score (nSPS) is 12.3. The molecule has 0 saturated carbocycles. The van der Waals surface area contributed by atoms with Crippen LogP contribution in [-0.4, -0.2) is 9.13 Å². The second-order valence-corrected chi connectivity index (χ2v) is 15.2. The van der Waals surface area contributed by atoms with Crippen LogP contribution in [0.2, 0.25) is 0 Å². The molecule has 2 aromatic heterocycles. The van der Waals surface area contributed by atoms with Gasteiger partial charge >= 0.3 is 0 Å². The lowest BCUT2D eigenvalue weighted by molar-refractivity contribution is 1.18. The molecular formula is C54H32N2. The van der Waals surface area contributed by atoms with E-state index in [9.17, 15) is 0 Å². The lowest BCUT2D eigenvalue weighted by Gasteiger charge is -2.14. The molecule has 1 aliphatic rings. The fourth-order valence-electron chi connectivity index (χ4n) is 10.0. The van der Waals surface area contributed by atoms with E-state index in [0.717, 1.165) is 0 Å². The van der Waals surface area contributed by atoms with Crippen LogP contribution in [-0.2, 0) is 0 Å². The Morgan fingerprint density at radius 2 is 0.768 bits per heavy atom. The van der Waals surface area contributed by atoms with Gasteiger partial charge in [-0.3, -0.25) is 0 Å². The number of rotatable bonds is 3. The Hall–Kier alpha value is -7.42. The summed E-state index contributed by atoms with van der Waals surface area (Å²) < 4.78 is 4.93. The maximum atomic E-state index is 2.51. The van der Waals surface area contributed by atoms with Crippen LogP contribution in [0.1, 0.15) is 0 Å². The summed E-state index contributed by atoms with van der Waals surface area (Å²) >= 11 is 0. The molecule has 0 saturated heterocycles. The molecule has 0 bridgehead atoms. The number of hydrogen-bond donors (Lipinski definition) is 0. The fourth-order valence-corrected chi connectivity index (χ4v) is 10.0. The van der Waals surface area contributed by atoms with E-state index in [-0.39, 0.29) is 0 Å². The number of nitrogens with zero attached hydrogens (tertiary/aromatic N) is 2. The minimum atomic E-state index is 1.17. The third kappa shape index (κ3) is 3.95. The highest BCUT2D eigenvalue weighted by Gasteiger charge is 2.24. The Morgan fingerprint density at radius 1 is 0.268 bits per heavy atom. The maximum Gasteiger partial charge on any atom is 0.0547 e. The summed E-state index contributed by atoms with van der Waals surface area (Å²) in [6.45, 7) is 0.